The highest BCUT2D eigenvalue weighted by Crippen LogP contribution is 2.24. The third kappa shape index (κ3) is 3.31. The molecule has 0 atom stereocenters. The first kappa shape index (κ1) is 16.2. The van der Waals surface area contributed by atoms with E-state index in [9.17, 15) is 4.79 Å². The molecule has 0 unspecified atom stereocenters. The quantitative estimate of drug-likeness (QED) is 0.740. The Bertz CT molecular complexity index is 889. The summed E-state index contributed by atoms with van der Waals surface area (Å²) in [7, 11) is 3.18. The molecule has 1 amide bonds. The van der Waals surface area contributed by atoms with Gasteiger partial charge in [-0.15, -0.1) is 0 Å². The van der Waals surface area contributed by atoms with E-state index in [1.165, 1.54) is 0 Å². The molecule has 0 aliphatic heterocycles. The van der Waals surface area contributed by atoms with E-state index in [-0.39, 0.29) is 5.91 Å². The zero-order chi connectivity index (χ0) is 17.1. The number of halogens is 1. The van der Waals surface area contributed by atoms with E-state index < -0.39 is 0 Å². The van der Waals surface area contributed by atoms with E-state index in [4.69, 9.17) is 21.1 Å². The Morgan fingerprint density at radius 2 is 1.96 bits per heavy atom. The third-order valence-electron chi connectivity index (χ3n) is 3.76. The highest BCUT2D eigenvalue weighted by molar-refractivity contribution is 6.31. The Kier molecular flexibility index (Phi) is 4.62. The molecule has 3 rings (SSSR count). The molecular formula is C18H17ClN2O3. The van der Waals surface area contributed by atoms with E-state index >= 15 is 0 Å². The van der Waals surface area contributed by atoms with E-state index in [2.05, 4.69) is 10.3 Å². The largest absolute Gasteiger partial charge is 0.497 e. The average molecular weight is 345 g/mol. The van der Waals surface area contributed by atoms with Gasteiger partial charge in [0.2, 0.25) is 0 Å². The molecule has 2 N–H and O–H groups in total. The molecule has 0 aliphatic rings. The van der Waals surface area contributed by atoms with E-state index in [1.54, 1.807) is 32.4 Å². The maximum Gasteiger partial charge on any atom is 0.267 e. The van der Waals surface area contributed by atoms with Gasteiger partial charge in [-0.05, 0) is 36.4 Å². The molecule has 1 heterocycles. The van der Waals surface area contributed by atoms with Crippen LogP contribution in [0.2, 0.25) is 5.02 Å². The molecule has 2 aromatic carbocycles. The number of nitrogens with one attached hydrogen (secondary N) is 2. The first-order valence-corrected chi connectivity index (χ1v) is 7.76. The zero-order valence-corrected chi connectivity index (χ0v) is 14.1. The van der Waals surface area contributed by atoms with Crippen LogP contribution in [0.5, 0.6) is 11.5 Å². The number of carbonyl (C=O) groups is 1. The topological polar surface area (TPSA) is 63.3 Å². The first-order chi connectivity index (χ1) is 11.6. The van der Waals surface area contributed by atoms with Gasteiger partial charge in [0.05, 0.1) is 14.2 Å². The maximum atomic E-state index is 12.4. The second kappa shape index (κ2) is 6.84. The molecule has 124 valence electrons. The van der Waals surface area contributed by atoms with Crippen LogP contribution in [-0.2, 0) is 6.54 Å². The van der Waals surface area contributed by atoms with Crippen molar-refractivity contribution in [2.45, 2.75) is 6.54 Å². The van der Waals surface area contributed by atoms with Crippen LogP contribution in [0.4, 0.5) is 0 Å². The lowest BCUT2D eigenvalue weighted by molar-refractivity contribution is 0.0946. The van der Waals surface area contributed by atoms with Gasteiger partial charge in [-0.3, -0.25) is 4.79 Å². The smallest absolute Gasteiger partial charge is 0.267 e. The number of methoxy groups -OCH3 is 2. The number of carbonyl (C=O) groups excluding carboxylic acids is 1. The van der Waals surface area contributed by atoms with Crippen LogP contribution >= 0.6 is 11.6 Å². The van der Waals surface area contributed by atoms with Gasteiger partial charge in [-0.2, -0.15) is 0 Å². The summed E-state index contributed by atoms with van der Waals surface area (Å²) < 4.78 is 10.5. The van der Waals surface area contributed by atoms with Crippen molar-refractivity contribution in [3.8, 4) is 11.5 Å². The monoisotopic (exact) mass is 344 g/mol. The van der Waals surface area contributed by atoms with Crippen LogP contribution in [0.15, 0.2) is 42.5 Å². The number of amides is 1. The fraction of sp³-hybridized carbons (Fsp3) is 0.167. The maximum absolute atomic E-state index is 12.4. The van der Waals surface area contributed by atoms with Gasteiger partial charge in [0.15, 0.2) is 0 Å². The van der Waals surface area contributed by atoms with Crippen molar-refractivity contribution in [3.63, 3.8) is 0 Å². The van der Waals surface area contributed by atoms with Crippen LogP contribution in [0.3, 0.4) is 0 Å². The molecule has 0 radical (unpaired) electrons. The van der Waals surface area contributed by atoms with Crippen molar-refractivity contribution >= 4 is 28.4 Å². The Labute approximate surface area is 144 Å². The number of fused-ring (bicyclic) bond motifs is 1. The predicted molar refractivity (Wildman–Crippen MR) is 94.0 cm³/mol. The predicted octanol–water partition coefficient (Wildman–Crippen LogP) is 3.77. The van der Waals surface area contributed by atoms with E-state index in [0.717, 1.165) is 16.5 Å². The highest BCUT2D eigenvalue weighted by Gasteiger charge is 2.11. The van der Waals surface area contributed by atoms with Crippen LogP contribution in [0, 0.1) is 0 Å². The molecule has 0 saturated heterocycles. The summed E-state index contributed by atoms with van der Waals surface area (Å²) in [5, 5.41) is 4.41. The van der Waals surface area contributed by atoms with Gasteiger partial charge >= 0.3 is 0 Å². The number of aromatic nitrogens is 1. The molecule has 0 spiro atoms. The lowest BCUT2D eigenvalue weighted by atomic mass is 10.2. The third-order valence-corrected chi connectivity index (χ3v) is 4.00. The summed E-state index contributed by atoms with van der Waals surface area (Å²) in [6.07, 6.45) is 0. The van der Waals surface area contributed by atoms with Crippen molar-refractivity contribution in [3.05, 3.63) is 58.7 Å². The van der Waals surface area contributed by atoms with Gasteiger partial charge in [-0.1, -0.05) is 11.6 Å². The molecule has 0 aliphatic carbocycles. The Hall–Kier alpha value is -2.66. The second-order valence-electron chi connectivity index (χ2n) is 5.28. The van der Waals surface area contributed by atoms with Crippen molar-refractivity contribution in [2.24, 2.45) is 0 Å². The van der Waals surface area contributed by atoms with Gasteiger partial charge in [0, 0.05) is 34.1 Å². The molecular weight excluding hydrogens is 328 g/mol. The van der Waals surface area contributed by atoms with Gasteiger partial charge in [-0.25, -0.2) is 0 Å². The normalized spacial score (nSPS) is 10.6. The number of benzene rings is 2. The zero-order valence-electron chi connectivity index (χ0n) is 13.4. The number of H-pyrrole nitrogens is 1. The lowest BCUT2D eigenvalue weighted by Gasteiger charge is -2.11. The van der Waals surface area contributed by atoms with Crippen molar-refractivity contribution < 1.29 is 14.3 Å². The molecule has 0 saturated carbocycles. The Morgan fingerprint density at radius 3 is 2.71 bits per heavy atom. The fourth-order valence-corrected chi connectivity index (χ4v) is 2.67. The number of rotatable bonds is 5. The minimum Gasteiger partial charge on any atom is -0.497 e. The minimum absolute atomic E-state index is 0.194. The van der Waals surface area contributed by atoms with Crippen molar-refractivity contribution in [1.82, 2.24) is 10.3 Å². The summed E-state index contributed by atoms with van der Waals surface area (Å²) in [6.45, 7) is 0.349. The highest BCUT2D eigenvalue weighted by atomic mass is 35.5. The van der Waals surface area contributed by atoms with Crippen molar-refractivity contribution in [1.29, 1.82) is 0 Å². The van der Waals surface area contributed by atoms with Crippen LogP contribution in [0.25, 0.3) is 10.9 Å². The number of hydrogen-bond acceptors (Lipinski definition) is 3. The lowest BCUT2D eigenvalue weighted by Crippen LogP contribution is -2.23. The second-order valence-corrected chi connectivity index (χ2v) is 5.71. The SMILES string of the molecule is COc1ccc(CNC(=O)c2cc3cc(Cl)ccc3[nH]2)c(OC)c1. The van der Waals surface area contributed by atoms with Crippen LogP contribution < -0.4 is 14.8 Å². The van der Waals surface area contributed by atoms with Crippen LogP contribution in [0.1, 0.15) is 16.1 Å². The first-order valence-electron chi connectivity index (χ1n) is 7.38. The molecule has 6 heteroatoms. The number of ether oxygens (including phenoxy) is 2. The minimum atomic E-state index is -0.194. The van der Waals surface area contributed by atoms with Crippen molar-refractivity contribution in [2.75, 3.05) is 14.2 Å². The van der Waals surface area contributed by atoms with E-state index in [0.29, 0.717) is 28.8 Å². The van der Waals surface area contributed by atoms with Gasteiger partial charge in [0.1, 0.15) is 17.2 Å². The summed E-state index contributed by atoms with van der Waals surface area (Å²) >= 11 is 5.97. The van der Waals surface area contributed by atoms with Gasteiger partial charge in [0.25, 0.3) is 5.91 Å². The Balaban J connectivity index is 1.75. The molecule has 0 fully saturated rings. The molecule has 24 heavy (non-hydrogen) atoms. The fourth-order valence-electron chi connectivity index (χ4n) is 2.49. The summed E-state index contributed by atoms with van der Waals surface area (Å²) in [5.74, 6) is 1.17. The Morgan fingerprint density at radius 1 is 1.12 bits per heavy atom. The number of hydrogen-bond donors (Lipinski definition) is 2. The average Bonchev–Trinajstić information content (AvgIpc) is 3.02. The summed E-state index contributed by atoms with van der Waals surface area (Å²) in [6, 6.07) is 12.7. The molecule has 5 nitrogen and oxygen atoms in total. The molecule has 3 aromatic rings. The van der Waals surface area contributed by atoms with Crippen LogP contribution in [-0.4, -0.2) is 25.1 Å². The van der Waals surface area contributed by atoms with Gasteiger partial charge < -0.3 is 19.8 Å². The summed E-state index contributed by atoms with van der Waals surface area (Å²) in [4.78, 5) is 15.4. The van der Waals surface area contributed by atoms with E-state index in [1.807, 2.05) is 24.3 Å². The number of aromatic amines is 1. The standard InChI is InChI=1S/C18H17ClN2O3/c1-23-14-5-3-11(17(9-14)24-2)10-20-18(22)16-8-12-7-13(19)4-6-15(12)21-16/h3-9,21H,10H2,1-2H3,(H,20,22). The molecule has 0 bridgehead atoms. The molecule has 1 aromatic heterocycles. The summed E-state index contributed by atoms with van der Waals surface area (Å²) in [5.41, 5.74) is 2.22.